The van der Waals surface area contributed by atoms with Crippen LogP contribution in [0.25, 0.3) is 88.0 Å². The van der Waals surface area contributed by atoms with Gasteiger partial charge in [-0.1, -0.05) is 200 Å². The van der Waals surface area contributed by atoms with Crippen LogP contribution in [0.15, 0.2) is 249 Å². The summed E-state index contributed by atoms with van der Waals surface area (Å²) < 4.78 is 0. The number of hydrogen-bond donors (Lipinski definition) is 0. The monoisotopic (exact) mass is 775 g/mol. The molecular formula is C60H41N. The molecule has 61 heavy (non-hydrogen) atoms. The highest BCUT2D eigenvalue weighted by molar-refractivity contribution is 6.14. The number of anilines is 3. The Bertz CT molecular complexity index is 3330. The van der Waals surface area contributed by atoms with Crippen molar-refractivity contribution in [1.29, 1.82) is 0 Å². The molecule has 0 fully saturated rings. The summed E-state index contributed by atoms with van der Waals surface area (Å²) in [5, 5.41) is 7.51. The smallest absolute Gasteiger partial charge is 0.0546 e. The van der Waals surface area contributed by atoms with E-state index in [1.807, 2.05) is 0 Å². The molecule has 0 aromatic heterocycles. The summed E-state index contributed by atoms with van der Waals surface area (Å²) in [7, 11) is 0. The third-order valence-electron chi connectivity index (χ3n) is 12.0. The SMILES string of the molecule is c1ccc(-c2ccc(N(c3ccc(-c4cccc(-c5ccc6ccccc6c5)c4)cc3)c3cc(-c4cc5ccccc5c5ccccc45)ccc3-c3ccccc3)cc2)cc1. The summed E-state index contributed by atoms with van der Waals surface area (Å²) in [5.41, 5.74) is 15.2. The fourth-order valence-electron chi connectivity index (χ4n) is 8.95. The lowest BCUT2D eigenvalue weighted by Gasteiger charge is -2.29. The average molecular weight is 776 g/mol. The van der Waals surface area contributed by atoms with Crippen LogP contribution >= 0.6 is 0 Å². The Hall–Kier alpha value is -8.00. The first-order chi connectivity index (χ1) is 30.2. The van der Waals surface area contributed by atoms with E-state index < -0.39 is 0 Å². The molecule has 0 aliphatic carbocycles. The van der Waals surface area contributed by atoms with Gasteiger partial charge >= 0.3 is 0 Å². The molecule has 0 saturated heterocycles. The van der Waals surface area contributed by atoms with Crippen LogP contribution < -0.4 is 4.90 Å². The molecule has 1 nitrogen and oxygen atoms in total. The molecule has 0 amide bonds. The minimum Gasteiger partial charge on any atom is -0.310 e. The highest BCUT2D eigenvalue weighted by atomic mass is 15.1. The topological polar surface area (TPSA) is 3.24 Å². The van der Waals surface area contributed by atoms with Crippen molar-refractivity contribution in [2.45, 2.75) is 0 Å². The van der Waals surface area contributed by atoms with Crippen molar-refractivity contribution in [2.24, 2.45) is 0 Å². The summed E-state index contributed by atoms with van der Waals surface area (Å²) in [6.07, 6.45) is 0. The lowest BCUT2D eigenvalue weighted by molar-refractivity contribution is 1.28. The average Bonchev–Trinajstić information content (AvgIpc) is 3.34. The van der Waals surface area contributed by atoms with Crippen LogP contribution in [-0.2, 0) is 0 Å². The third kappa shape index (κ3) is 6.93. The van der Waals surface area contributed by atoms with Gasteiger partial charge in [0.1, 0.15) is 0 Å². The molecule has 0 radical (unpaired) electrons. The summed E-state index contributed by atoms with van der Waals surface area (Å²) in [6.45, 7) is 0. The van der Waals surface area contributed by atoms with Gasteiger partial charge in [-0.15, -0.1) is 0 Å². The highest BCUT2D eigenvalue weighted by Crippen LogP contribution is 2.45. The molecule has 286 valence electrons. The van der Waals surface area contributed by atoms with Crippen molar-refractivity contribution >= 4 is 49.4 Å². The van der Waals surface area contributed by atoms with Crippen LogP contribution in [0.4, 0.5) is 17.1 Å². The van der Waals surface area contributed by atoms with Gasteiger partial charge in [-0.25, -0.2) is 0 Å². The molecule has 0 N–H and O–H groups in total. The Morgan fingerprint density at radius 2 is 0.689 bits per heavy atom. The molecule has 0 unspecified atom stereocenters. The van der Waals surface area contributed by atoms with Crippen molar-refractivity contribution in [3.8, 4) is 55.6 Å². The molecule has 0 aliphatic heterocycles. The molecule has 1 heteroatoms. The number of fused-ring (bicyclic) bond motifs is 4. The van der Waals surface area contributed by atoms with Crippen LogP contribution in [0, 0.1) is 0 Å². The van der Waals surface area contributed by atoms with Gasteiger partial charge < -0.3 is 4.90 Å². The minimum atomic E-state index is 1.08. The summed E-state index contributed by atoms with van der Waals surface area (Å²) in [4.78, 5) is 2.43. The molecule has 0 atom stereocenters. The Morgan fingerprint density at radius 1 is 0.213 bits per heavy atom. The van der Waals surface area contributed by atoms with Crippen LogP contribution in [0.2, 0.25) is 0 Å². The van der Waals surface area contributed by atoms with E-state index >= 15 is 0 Å². The number of benzene rings is 11. The molecule has 0 spiro atoms. The Labute approximate surface area is 357 Å². The maximum Gasteiger partial charge on any atom is 0.0546 e. The van der Waals surface area contributed by atoms with Crippen molar-refractivity contribution in [3.05, 3.63) is 249 Å². The van der Waals surface area contributed by atoms with Crippen LogP contribution in [-0.4, -0.2) is 0 Å². The van der Waals surface area contributed by atoms with E-state index in [-0.39, 0.29) is 0 Å². The fourth-order valence-corrected chi connectivity index (χ4v) is 8.95. The number of hydrogen-bond acceptors (Lipinski definition) is 1. The van der Waals surface area contributed by atoms with Crippen LogP contribution in [0.5, 0.6) is 0 Å². The molecule has 0 aliphatic rings. The zero-order valence-corrected chi connectivity index (χ0v) is 33.6. The van der Waals surface area contributed by atoms with E-state index in [1.54, 1.807) is 0 Å². The van der Waals surface area contributed by atoms with E-state index in [2.05, 4.69) is 254 Å². The number of nitrogens with zero attached hydrogens (tertiary/aromatic N) is 1. The Balaban J connectivity index is 1.07. The van der Waals surface area contributed by atoms with Crippen molar-refractivity contribution in [2.75, 3.05) is 4.90 Å². The first-order valence-electron chi connectivity index (χ1n) is 21.0. The van der Waals surface area contributed by atoms with Gasteiger partial charge in [0, 0.05) is 16.9 Å². The van der Waals surface area contributed by atoms with Crippen LogP contribution in [0.1, 0.15) is 0 Å². The molecule has 0 bridgehead atoms. The van der Waals surface area contributed by atoms with Crippen LogP contribution in [0.3, 0.4) is 0 Å². The quantitative estimate of drug-likeness (QED) is 0.139. The first-order valence-corrected chi connectivity index (χ1v) is 21.0. The normalized spacial score (nSPS) is 11.3. The van der Waals surface area contributed by atoms with Gasteiger partial charge in [0.15, 0.2) is 0 Å². The van der Waals surface area contributed by atoms with Gasteiger partial charge in [-0.3, -0.25) is 0 Å². The highest BCUT2D eigenvalue weighted by Gasteiger charge is 2.20. The zero-order chi connectivity index (χ0) is 40.5. The van der Waals surface area contributed by atoms with E-state index in [9.17, 15) is 0 Å². The maximum absolute atomic E-state index is 2.43. The minimum absolute atomic E-state index is 1.08. The maximum atomic E-state index is 2.43. The van der Waals surface area contributed by atoms with Crippen molar-refractivity contribution in [3.63, 3.8) is 0 Å². The van der Waals surface area contributed by atoms with Crippen molar-refractivity contribution < 1.29 is 0 Å². The van der Waals surface area contributed by atoms with Crippen molar-refractivity contribution in [1.82, 2.24) is 0 Å². The third-order valence-corrected chi connectivity index (χ3v) is 12.0. The lowest BCUT2D eigenvalue weighted by Crippen LogP contribution is -2.11. The van der Waals surface area contributed by atoms with E-state index in [1.165, 1.54) is 82.4 Å². The van der Waals surface area contributed by atoms with E-state index in [4.69, 9.17) is 0 Å². The molecule has 0 saturated carbocycles. The van der Waals surface area contributed by atoms with E-state index in [0.29, 0.717) is 0 Å². The summed E-state index contributed by atoms with van der Waals surface area (Å²) in [5.74, 6) is 0. The second-order valence-corrected chi connectivity index (χ2v) is 15.7. The predicted octanol–water partition coefficient (Wildman–Crippen LogP) is 17.0. The Kier molecular flexibility index (Phi) is 9.26. The zero-order valence-electron chi connectivity index (χ0n) is 33.6. The number of rotatable bonds is 8. The molecule has 0 heterocycles. The van der Waals surface area contributed by atoms with Gasteiger partial charge in [0.25, 0.3) is 0 Å². The van der Waals surface area contributed by atoms with Gasteiger partial charge in [0.2, 0.25) is 0 Å². The lowest BCUT2D eigenvalue weighted by atomic mass is 9.91. The molecule has 11 rings (SSSR count). The molecular weight excluding hydrogens is 735 g/mol. The predicted molar refractivity (Wildman–Crippen MR) is 261 cm³/mol. The second kappa shape index (κ2) is 15.6. The van der Waals surface area contributed by atoms with Gasteiger partial charge in [-0.05, 0) is 131 Å². The summed E-state index contributed by atoms with van der Waals surface area (Å²) in [6, 6.07) is 90.6. The van der Waals surface area contributed by atoms with Gasteiger partial charge in [-0.2, -0.15) is 0 Å². The Morgan fingerprint density at radius 3 is 1.39 bits per heavy atom. The van der Waals surface area contributed by atoms with Gasteiger partial charge in [0.05, 0.1) is 5.69 Å². The largest absolute Gasteiger partial charge is 0.310 e. The first kappa shape index (κ1) is 36.1. The fraction of sp³-hybridized carbons (Fsp3) is 0. The van der Waals surface area contributed by atoms with E-state index in [0.717, 1.165) is 22.6 Å². The molecule has 11 aromatic carbocycles. The standard InChI is InChI=1S/C60H41N/c1-3-14-42(15-4-1)44-28-33-53(34-29-44)61(54-35-30-45(31-36-54)48-21-13-22-49(38-48)50-27-26-43-16-7-8-19-47(43)39-50)60-41-52(32-37-56(60)46-17-5-2-6-18-46)59-40-51-20-9-10-23-55(51)57-24-11-12-25-58(57)59/h1-41H. The second-order valence-electron chi connectivity index (χ2n) is 15.7. The molecule has 11 aromatic rings. The summed E-state index contributed by atoms with van der Waals surface area (Å²) >= 11 is 0.